The zero-order valence-corrected chi connectivity index (χ0v) is 4.85. The van der Waals surface area contributed by atoms with Crippen molar-refractivity contribution in [3.8, 4) is 0 Å². The lowest BCUT2D eigenvalue weighted by atomic mass is 10.3. The molecular formula is C5H7NO3. The third kappa shape index (κ3) is 1.71. The minimum absolute atomic E-state index is 0.252. The zero-order chi connectivity index (χ0) is 6.69. The second-order valence-electron chi connectivity index (χ2n) is 1.79. The van der Waals surface area contributed by atoms with Gasteiger partial charge >= 0.3 is 6.09 Å². The number of hydrogen-bond acceptors (Lipinski definition) is 3. The second-order valence-corrected chi connectivity index (χ2v) is 1.79. The number of carbonyl (C=O) groups is 2. The average molecular weight is 129 g/mol. The molecule has 0 aliphatic carbocycles. The van der Waals surface area contributed by atoms with E-state index in [9.17, 15) is 9.59 Å². The predicted molar refractivity (Wildman–Crippen MR) is 28.7 cm³/mol. The largest absolute Gasteiger partial charge is 0.449 e. The summed E-state index contributed by atoms with van der Waals surface area (Å²) in [6.45, 7) is 0.345. The summed E-state index contributed by atoms with van der Waals surface area (Å²) in [4.78, 5) is 20.8. The Bertz CT molecular complexity index is 127. The molecular weight excluding hydrogens is 122 g/mol. The van der Waals surface area contributed by atoms with E-state index in [1.54, 1.807) is 0 Å². The molecule has 1 fully saturated rings. The number of rotatable bonds is 0. The fourth-order valence-corrected chi connectivity index (χ4v) is 0.610. The molecule has 1 rings (SSSR count). The van der Waals surface area contributed by atoms with Gasteiger partial charge in [0.2, 0.25) is 5.91 Å². The summed E-state index contributed by atoms with van der Waals surface area (Å²) in [6, 6.07) is 0. The van der Waals surface area contributed by atoms with E-state index in [1.165, 1.54) is 0 Å². The zero-order valence-electron chi connectivity index (χ0n) is 4.85. The normalized spacial score (nSPS) is 20.0. The molecule has 0 atom stereocenters. The summed E-state index contributed by atoms with van der Waals surface area (Å²) in [5, 5.41) is 2.04. The highest BCUT2D eigenvalue weighted by Crippen LogP contribution is 1.95. The van der Waals surface area contributed by atoms with Crippen molar-refractivity contribution < 1.29 is 14.3 Å². The Hall–Kier alpha value is -1.06. The molecule has 1 N–H and O–H groups in total. The van der Waals surface area contributed by atoms with Crippen LogP contribution in [0.15, 0.2) is 0 Å². The number of imide groups is 1. The van der Waals surface area contributed by atoms with E-state index in [2.05, 4.69) is 4.74 Å². The van der Waals surface area contributed by atoms with Crippen LogP contribution in [0.2, 0.25) is 0 Å². The van der Waals surface area contributed by atoms with Gasteiger partial charge in [-0.05, 0) is 6.42 Å². The second kappa shape index (κ2) is 2.48. The smallest absolute Gasteiger partial charge is 0.413 e. The molecule has 0 radical (unpaired) electrons. The van der Waals surface area contributed by atoms with Crippen molar-refractivity contribution in [3.05, 3.63) is 0 Å². The lowest BCUT2D eigenvalue weighted by molar-refractivity contribution is -0.119. The van der Waals surface area contributed by atoms with Crippen LogP contribution in [0.25, 0.3) is 0 Å². The average Bonchev–Trinajstić information content (AvgIpc) is 1.93. The Balaban J connectivity index is 2.47. The number of ether oxygens (including phenoxy) is 1. The Labute approximate surface area is 52.2 Å². The van der Waals surface area contributed by atoms with Crippen molar-refractivity contribution in [1.29, 1.82) is 0 Å². The Morgan fingerprint density at radius 3 is 3.00 bits per heavy atom. The van der Waals surface area contributed by atoms with Gasteiger partial charge in [-0.3, -0.25) is 10.1 Å². The number of amides is 2. The van der Waals surface area contributed by atoms with E-state index < -0.39 is 6.09 Å². The Morgan fingerprint density at radius 2 is 2.22 bits per heavy atom. The van der Waals surface area contributed by atoms with Crippen LogP contribution in [-0.4, -0.2) is 18.6 Å². The molecule has 0 aromatic rings. The van der Waals surface area contributed by atoms with Crippen molar-refractivity contribution >= 4 is 12.0 Å². The van der Waals surface area contributed by atoms with E-state index >= 15 is 0 Å². The van der Waals surface area contributed by atoms with Gasteiger partial charge in [-0.2, -0.15) is 0 Å². The van der Waals surface area contributed by atoms with Gasteiger partial charge in [0.15, 0.2) is 0 Å². The highest BCUT2D eigenvalue weighted by Gasteiger charge is 2.12. The van der Waals surface area contributed by atoms with Crippen molar-refractivity contribution in [2.75, 3.05) is 6.61 Å². The van der Waals surface area contributed by atoms with Gasteiger partial charge in [-0.15, -0.1) is 0 Å². The van der Waals surface area contributed by atoms with Crippen LogP contribution in [0.4, 0.5) is 4.79 Å². The molecule has 4 nitrogen and oxygen atoms in total. The molecule has 1 saturated heterocycles. The van der Waals surface area contributed by atoms with E-state index in [0.29, 0.717) is 19.4 Å². The summed E-state index contributed by atoms with van der Waals surface area (Å²) in [5.41, 5.74) is 0. The molecule has 0 spiro atoms. The van der Waals surface area contributed by atoms with E-state index in [1.807, 2.05) is 5.32 Å². The molecule has 0 aromatic heterocycles. The number of alkyl carbamates (subject to hydrolysis) is 1. The fraction of sp³-hybridized carbons (Fsp3) is 0.600. The number of cyclic esters (lactones) is 1. The SMILES string of the molecule is O=C1CCCOC(=O)N1. The molecule has 0 saturated carbocycles. The van der Waals surface area contributed by atoms with Gasteiger partial charge in [-0.1, -0.05) is 0 Å². The fourth-order valence-electron chi connectivity index (χ4n) is 0.610. The van der Waals surface area contributed by atoms with Crippen LogP contribution >= 0.6 is 0 Å². The van der Waals surface area contributed by atoms with Gasteiger partial charge in [0.05, 0.1) is 6.61 Å². The van der Waals surface area contributed by atoms with E-state index in [-0.39, 0.29) is 5.91 Å². The minimum Gasteiger partial charge on any atom is -0.449 e. The van der Waals surface area contributed by atoms with Gasteiger partial charge in [0.1, 0.15) is 0 Å². The minimum atomic E-state index is -0.627. The van der Waals surface area contributed by atoms with Gasteiger partial charge in [0, 0.05) is 6.42 Å². The lowest BCUT2D eigenvalue weighted by Crippen LogP contribution is -2.27. The first kappa shape index (κ1) is 6.07. The lowest BCUT2D eigenvalue weighted by Gasteiger charge is -1.94. The molecule has 9 heavy (non-hydrogen) atoms. The Morgan fingerprint density at radius 1 is 1.44 bits per heavy atom. The summed E-state index contributed by atoms with van der Waals surface area (Å²) >= 11 is 0. The summed E-state index contributed by atoms with van der Waals surface area (Å²) in [7, 11) is 0. The van der Waals surface area contributed by atoms with Crippen molar-refractivity contribution in [3.63, 3.8) is 0 Å². The molecule has 50 valence electrons. The van der Waals surface area contributed by atoms with Gasteiger partial charge in [-0.25, -0.2) is 4.79 Å². The first-order valence-electron chi connectivity index (χ1n) is 2.75. The van der Waals surface area contributed by atoms with Crippen molar-refractivity contribution in [1.82, 2.24) is 5.32 Å². The molecule has 2 amide bonds. The maximum Gasteiger partial charge on any atom is 0.413 e. The number of nitrogens with one attached hydrogen (secondary N) is 1. The first-order chi connectivity index (χ1) is 4.29. The molecule has 0 unspecified atom stereocenters. The number of carbonyl (C=O) groups excluding carboxylic acids is 2. The van der Waals surface area contributed by atoms with E-state index in [4.69, 9.17) is 0 Å². The highest BCUT2D eigenvalue weighted by atomic mass is 16.5. The summed E-state index contributed by atoms with van der Waals surface area (Å²) in [6.07, 6.45) is 0.376. The standard InChI is InChI=1S/C5H7NO3/c7-4-2-1-3-9-5(8)6-4/h1-3H2,(H,6,7,8). The monoisotopic (exact) mass is 129 g/mol. The van der Waals surface area contributed by atoms with Crippen LogP contribution in [0, 0.1) is 0 Å². The van der Waals surface area contributed by atoms with Gasteiger partial charge < -0.3 is 4.74 Å². The first-order valence-corrected chi connectivity index (χ1v) is 2.75. The molecule has 0 bridgehead atoms. The van der Waals surface area contributed by atoms with Gasteiger partial charge in [0.25, 0.3) is 0 Å². The van der Waals surface area contributed by atoms with E-state index in [0.717, 1.165) is 0 Å². The third-order valence-corrected chi connectivity index (χ3v) is 1.02. The quantitative estimate of drug-likeness (QED) is 0.502. The van der Waals surface area contributed by atoms with Crippen LogP contribution in [0.1, 0.15) is 12.8 Å². The van der Waals surface area contributed by atoms with Crippen molar-refractivity contribution in [2.24, 2.45) is 0 Å². The molecule has 0 aromatic carbocycles. The summed E-state index contributed by atoms with van der Waals surface area (Å²) < 4.78 is 4.50. The van der Waals surface area contributed by atoms with Crippen LogP contribution in [-0.2, 0) is 9.53 Å². The summed E-state index contributed by atoms with van der Waals surface area (Å²) in [5.74, 6) is -0.252. The molecule has 4 heteroatoms. The maximum atomic E-state index is 10.5. The van der Waals surface area contributed by atoms with Crippen LogP contribution < -0.4 is 5.32 Å². The van der Waals surface area contributed by atoms with Crippen LogP contribution in [0.3, 0.4) is 0 Å². The number of hydrogen-bond donors (Lipinski definition) is 1. The predicted octanol–water partition coefficient (Wildman–Crippen LogP) is 0.0330. The third-order valence-electron chi connectivity index (χ3n) is 1.02. The molecule has 1 heterocycles. The highest BCUT2D eigenvalue weighted by molar-refractivity contribution is 5.92. The van der Waals surface area contributed by atoms with Crippen molar-refractivity contribution in [2.45, 2.75) is 12.8 Å². The topological polar surface area (TPSA) is 55.4 Å². The molecule has 1 aliphatic rings. The Kier molecular flexibility index (Phi) is 1.67. The molecule has 1 aliphatic heterocycles. The van der Waals surface area contributed by atoms with Crippen LogP contribution in [0.5, 0.6) is 0 Å². The maximum absolute atomic E-state index is 10.5.